The van der Waals surface area contributed by atoms with Crippen LogP contribution < -0.4 is 5.32 Å². The van der Waals surface area contributed by atoms with Crippen LogP contribution in [-0.2, 0) is 11.2 Å². The van der Waals surface area contributed by atoms with Crippen LogP contribution in [0.3, 0.4) is 0 Å². The molecule has 0 fully saturated rings. The Kier molecular flexibility index (Phi) is 6.13. The second-order valence-corrected chi connectivity index (χ2v) is 6.08. The van der Waals surface area contributed by atoms with Gasteiger partial charge in [0.25, 0.3) is 0 Å². The quantitative estimate of drug-likeness (QED) is 0.848. The average Bonchev–Trinajstić information content (AvgIpc) is 2.52. The van der Waals surface area contributed by atoms with Crippen molar-refractivity contribution < 1.29 is 4.79 Å². The van der Waals surface area contributed by atoms with Gasteiger partial charge in [-0.3, -0.25) is 9.78 Å². The first kappa shape index (κ1) is 16.2. The predicted molar refractivity (Wildman–Crippen MR) is 89.6 cm³/mol. The Hall–Kier alpha value is -2.16. The van der Waals surface area contributed by atoms with E-state index in [4.69, 9.17) is 0 Å². The van der Waals surface area contributed by atoms with Crippen LogP contribution >= 0.6 is 0 Å². The minimum Gasteiger partial charge on any atom is -0.355 e. The maximum absolute atomic E-state index is 11.9. The second-order valence-electron chi connectivity index (χ2n) is 6.08. The van der Waals surface area contributed by atoms with Crippen LogP contribution in [0.25, 0.3) is 0 Å². The molecule has 1 amide bonds. The molecule has 0 aliphatic carbocycles. The molecule has 0 aliphatic heterocycles. The van der Waals surface area contributed by atoms with Gasteiger partial charge in [0.15, 0.2) is 0 Å². The van der Waals surface area contributed by atoms with Gasteiger partial charge >= 0.3 is 0 Å². The zero-order valence-electron chi connectivity index (χ0n) is 13.3. The minimum absolute atomic E-state index is 0.127. The minimum atomic E-state index is 0.127. The van der Waals surface area contributed by atoms with E-state index in [0.717, 1.165) is 6.42 Å². The van der Waals surface area contributed by atoms with Crippen LogP contribution in [-0.4, -0.2) is 17.4 Å². The molecule has 22 heavy (non-hydrogen) atoms. The summed E-state index contributed by atoms with van der Waals surface area (Å²) in [6.07, 6.45) is 5.13. The molecule has 3 heteroatoms. The lowest BCUT2D eigenvalue weighted by Gasteiger charge is -2.18. The van der Waals surface area contributed by atoms with E-state index in [1.165, 1.54) is 11.1 Å². The van der Waals surface area contributed by atoms with E-state index in [-0.39, 0.29) is 11.8 Å². The van der Waals surface area contributed by atoms with Gasteiger partial charge in [0, 0.05) is 31.3 Å². The number of nitrogens with one attached hydrogen (secondary N) is 1. The van der Waals surface area contributed by atoms with Gasteiger partial charge in [-0.15, -0.1) is 0 Å². The molecule has 1 aromatic heterocycles. The molecule has 1 N–H and O–H groups in total. The summed E-state index contributed by atoms with van der Waals surface area (Å²) in [6.45, 7) is 4.78. The smallest absolute Gasteiger partial charge is 0.220 e. The Morgan fingerprint density at radius 2 is 1.91 bits per heavy atom. The molecule has 1 unspecified atom stereocenters. The van der Waals surface area contributed by atoms with Gasteiger partial charge in [-0.1, -0.05) is 50.2 Å². The van der Waals surface area contributed by atoms with Crippen LogP contribution in [0.15, 0.2) is 54.9 Å². The zero-order valence-corrected chi connectivity index (χ0v) is 13.3. The first-order chi connectivity index (χ1) is 10.6. The van der Waals surface area contributed by atoms with Gasteiger partial charge in [0.05, 0.1) is 0 Å². The standard InChI is InChI=1S/C19H24N2O/c1-15(2)11-19(22)21-14-18(17-8-4-3-5-9-17)12-16-7-6-10-20-13-16/h3-10,13,15,18H,11-12,14H2,1-2H3,(H,21,22). The van der Waals surface area contributed by atoms with Crippen LogP contribution in [0.1, 0.15) is 37.3 Å². The van der Waals surface area contributed by atoms with Gasteiger partial charge in [0.1, 0.15) is 0 Å². The largest absolute Gasteiger partial charge is 0.355 e. The van der Waals surface area contributed by atoms with Crippen molar-refractivity contribution in [3.8, 4) is 0 Å². The summed E-state index contributed by atoms with van der Waals surface area (Å²) in [5, 5.41) is 3.07. The molecule has 0 saturated heterocycles. The summed E-state index contributed by atoms with van der Waals surface area (Å²) in [5.41, 5.74) is 2.44. The van der Waals surface area contributed by atoms with E-state index >= 15 is 0 Å². The Morgan fingerprint density at radius 3 is 2.55 bits per heavy atom. The summed E-state index contributed by atoms with van der Waals surface area (Å²) >= 11 is 0. The highest BCUT2D eigenvalue weighted by Crippen LogP contribution is 2.20. The van der Waals surface area contributed by atoms with E-state index in [1.807, 2.05) is 30.5 Å². The van der Waals surface area contributed by atoms with Crippen molar-refractivity contribution in [3.05, 3.63) is 66.0 Å². The third-order valence-electron chi connectivity index (χ3n) is 3.62. The fraction of sp³-hybridized carbons (Fsp3) is 0.368. The lowest BCUT2D eigenvalue weighted by atomic mass is 9.92. The lowest BCUT2D eigenvalue weighted by Crippen LogP contribution is -2.30. The first-order valence-electron chi connectivity index (χ1n) is 7.85. The monoisotopic (exact) mass is 296 g/mol. The summed E-state index contributed by atoms with van der Waals surface area (Å²) < 4.78 is 0. The second kappa shape index (κ2) is 8.32. The summed E-state index contributed by atoms with van der Waals surface area (Å²) in [6, 6.07) is 14.4. The van der Waals surface area contributed by atoms with Gasteiger partial charge in [0.2, 0.25) is 5.91 Å². The van der Waals surface area contributed by atoms with Crippen molar-refractivity contribution in [1.29, 1.82) is 0 Å². The van der Waals surface area contributed by atoms with E-state index in [9.17, 15) is 4.79 Å². The van der Waals surface area contributed by atoms with Gasteiger partial charge < -0.3 is 5.32 Å². The van der Waals surface area contributed by atoms with Crippen molar-refractivity contribution in [2.45, 2.75) is 32.6 Å². The van der Waals surface area contributed by atoms with Crippen molar-refractivity contribution in [2.75, 3.05) is 6.54 Å². The molecular weight excluding hydrogens is 272 g/mol. The molecule has 1 atom stereocenters. The Balaban J connectivity index is 2.04. The number of pyridine rings is 1. The number of amides is 1. The molecule has 1 heterocycles. The summed E-state index contributed by atoms with van der Waals surface area (Å²) in [4.78, 5) is 16.1. The van der Waals surface area contributed by atoms with E-state index in [1.54, 1.807) is 6.20 Å². The maximum Gasteiger partial charge on any atom is 0.220 e. The highest BCUT2D eigenvalue weighted by Gasteiger charge is 2.14. The number of hydrogen-bond donors (Lipinski definition) is 1. The van der Waals surface area contributed by atoms with Gasteiger partial charge in [-0.25, -0.2) is 0 Å². The molecule has 2 rings (SSSR count). The van der Waals surface area contributed by atoms with E-state index < -0.39 is 0 Å². The maximum atomic E-state index is 11.9. The molecule has 116 valence electrons. The van der Waals surface area contributed by atoms with Crippen LogP contribution in [0.5, 0.6) is 0 Å². The molecule has 1 aromatic carbocycles. The Bertz CT molecular complexity index is 567. The van der Waals surface area contributed by atoms with Crippen molar-refractivity contribution >= 4 is 5.91 Å². The fourth-order valence-electron chi connectivity index (χ4n) is 2.52. The molecule has 0 spiro atoms. The van der Waals surface area contributed by atoms with Crippen LogP contribution in [0.4, 0.5) is 0 Å². The van der Waals surface area contributed by atoms with Crippen LogP contribution in [0.2, 0.25) is 0 Å². The number of benzene rings is 1. The SMILES string of the molecule is CC(C)CC(=O)NCC(Cc1cccnc1)c1ccccc1. The predicted octanol–water partition coefficient (Wildman–Crippen LogP) is 3.57. The van der Waals surface area contributed by atoms with Gasteiger partial charge in [-0.2, -0.15) is 0 Å². The van der Waals surface area contributed by atoms with E-state index in [0.29, 0.717) is 18.9 Å². The summed E-state index contributed by atoms with van der Waals surface area (Å²) in [5.74, 6) is 0.775. The molecular formula is C19H24N2O. The molecule has 0 bridgehead atoms. The molecule has 3 nitrogen and oxygen atoms in total. The fourth-order valence-corrected chi connectivity index (χ4v) is 2.52. The molecule has 0 radical (unpaired) electrons. The molecule has 0 saturated carbocycles. The number of rotatable bonds is 7. The Labute approximate surface area is 132 Å². The zero-order chi connectivity index (χ0) is 15.8. The van der Waals surface area contributed by atoms with Gasteiger partial charge in [-0.05, 0) is 29.5 Å². The van der Waals surface area contributed by atoms with Crippen molar-refractivity contribution in [1.82, 2.24) is 10.3 Å². The average molecular weight is 296 g/mol. The lowest BCUT2D eigenvalue weighted by molar-refractivity contribution is -0.121. The molecule has 0 aliphatic rings. The third kappa shape index (κ3) is 5.32. The topological polar surface area (TPSA) is 42.0 Å². The third-order valence-corrected chi connectivity index (χ3v) is 3.62. The first-order valence-corrected chi connectivity index (χ1v) is 7.85. The number of nitrogens with zero attached hydrogens (tertiary/aromatic N) is 1. The van der Waals surface area contributed by atoms with E-state index in [2.05, 4.69) is 42.3 Å². The van der Waals surface area contributed by atoms with Crippen LogP contribution in [0, 0.1) is 5.92 Å². The number of carbonyl (C=O) groups is 1. The summed E-state index contributed by atoms with van der Waals surface area (Å²) in [7, 11) is 0. The number of hydrogen-bond acceptors (Lipinski definition) is 2. The number of carbonyl (C=O) groups excluding carboxylic acids is 1. The molecule has 2 aromatic rings. The van der Waals surface area contributed by atoms with Crippen molar-refractivity contribution in [3.63, 3.8) is 0 Å². The Morgan fingerprint density at radius 1 is 1.14 bits per heavy atom. The highest BCUT2D eigenvalue weighted by atomic mass is 16.1. The number of aromatic nitrogens is 1. The van der Waals surface area contributed by atoms with Crippen molar-refractivity contribution in [2.24, 2.45) is 5.92 Å². The normalized spacial score (nSPS) is 12.1. The highest BCUT2D eigenvalue weighted by molar-refractivity contribution is 5.76.